The number of aliphatic hydroxyl groups is 2. The SMILES string of the molecule is CCCCOC1C(CO)OC(OC2C(COC(=O)CCl)OC(OC3C(CO)OC(OC4C(COC(=O)CCl)OC(OCCCCCCNC(=O)OCC(Cl)(Cl)Cl)C(OC(=O)c5ccccc5)C4OCCCC)C(N=[N+]=[N-])C3OCCCC)C(OC(=O)c3ccccc3)C2OCCCC)C(N=[N+]=[N-])C1OCCCC. The number of rotatable bonds is 49. The molecule has 4 heterocycles. The maximum atomic E-state index is 14.8. The molecule has 2 aromatic rings. The Morgan fingerprint density at radius 1 is 0.454 bits per heavy atom. The summed E-state index contributed by atoms with van der Waals surface area (Å²) in [5, 5.41) is 33.8. The van der Waals surface area contributed by atoms with Crippen molar-refractivity contribution < 1.29 is 119 Å². The second-order valence-electron chi connectivity index (χ2n) is 25.7. The van der Waals surface area contributed by atoms with Crippen LogP contribution in [0.4, 0.5) is 4.79 Å². The molecular formula is C71H104Cl5N7O25. The highest BCUT2D eigenvalue weighted by Crippen LogP contribution is 2.41. The van der Waals surface area contributed by atoms with E-state index in [0.29, 0.717) is 77.0 Å². The highest BCUT2D eigenvalue weighted by atomic mass is 35.6. The molecule has 0 saturated carbocycles. The summed E-state index contributed by atoms with van der Waals surface area (Å²) in [4.78, 5) is 73.9. The molecule has 4 fully saturated rings. The van der Waals surface area contributed by atoms with Crippen molar-refractivity contribution in [2.75, 3.05) is 91.0 Å². The molecule has 108 heavy (non-hydrogen) atoms. The number of azide groups is 2. The quantitative estimate of drug-likeness (QED) is 0.0105. The third kappa shape index (κ3) is 29.5. The number of hydrogen-bond donors (Lipinski definition) is 3. The van der Waals surface area contributed by atoms with E-state index >= 15 is 0 Å². The number of benzene rings is 2. The average Bonchev–Trinajstić information content (AvgIpc) is 0.762. The van der Waals surface area contributed by atoms with E-state index in [0.717, 1.165) is 12.8 Å². The number of esters is 4. The molecule has 0 aromatic heterocycles. The van der Waals surface area contributed by atoms with E-state index in [9.17, 15) is 45.2 Å². The Bertz CT molecular complexity index is 3030. The zero-order valence-corrected chi connectivity index (χ0v) is 65.3. The minimum absolute atomic E-state index is 0.0171. The fourth-order valence-electron chi connectivity index (χ4n) is 12.1. The Morgan fingerprint density at radius 2 is 0.824 bits per heavy atom. The maximum absolute atomic E-state index is 14.8. The number of alkyl carbamates (subject to hydrolysis) is 1. The molecular weight excluding hydrogens is 1530 g/mol. The summed E-state index contributed by atoms with van der Waals surface area (Å²) >= 11 is 29.2. The van der Waals surface area contributed by atoms with Gasteiger partial charge in [-0.25, -0.2) is 14.4 Å². The third-order valence-electron chi connectivity index (χ3n) is 17.6. The molecule has 4 saturated heterocycles. The Morgan fingerprint density at radius 3 is 1.25 bits per heavy atom. The zero-order chi connectivity index (χ0) is 78.2. The van der Waals surface area contributed by atoms with E-state index < -0.39 is 201 Å². The van der Waals surface area contributed by atoms with Gasteiger partial charge in [-0.2, -0.15) is 0 Å². The fourth-order valence-corrected chi connectivity index (χ4v) is 12.4. The molecule has 4 aliphatic heterocycles. The third-order valence-corrected chi connectivity index (χ3v) is 18.4. The van der Waals surface area contributed by atoms with Crippen molar-refractivity contribution in [3.8, 4) is 0 Å². The molecule has 20 unspecified atom stereocenters. The summed E-state index contributed by atoms with van der Waals surface area (Å²) in [6.07, 6.45) is -19.4. The fraction of sp³-hybridized carbons (Fsp3) is 0.761. The van der Waals surface area contributed by atoms with E-state index in [4.69, 9.17) is 143 Å². The lowest BCUT2D eigenvalue weighted by Gasteiger charge is -2.51. The molecule has 0 spiro atoms. The molecule has 1 amide bonds. The number of unbranched alkanes of at least 4 members (excludes halogenated alkanes) is 8. The lowest BCUT2D eigenvalue weighted by atomic mass is 9.94. The minimum Gasteiger partial charge on any atom is -0.462 e. The van der Waals surface area contributed by atoms with E-state index in [1.54, 1.807) is 36.4 Å². The van der Waals surface area contributed by atoms with Crippen LogP contribution in [0.2, 0.25) is 0 Å². The van der Waals surface area contributed by atoms with Crippen molar-refractivity contribution in [2.45, 2.75) is 251 Å². The largest absolute Gasteiger partial charge is 0.462 e. The molecule has 2 aromatic carbocycles. The van der Waals surface area contributed by atoms with Gasteiger partial charge in [-0.15, -0.1) is 23.2 Å². The van der Waals surface area contributed by atoms with Crippen LogP contribution < -0.4 is 5.32 Å². The van der Waals surface area contributed by atoms with Gasteiger partial charge >= 0.3 is 30.0 Å². The Balaban J connectivity index is 1.45. The normalized spacial score (nSPS) is 28.5. The molecule has 32 nitrogen and oxygen atoms in total. The zero-order valence-electron chi connectivity index (χ0n) is 61.5. The molecule has 608 valence electrons. The van der Waals surface area contributed by atoms with Crippen molar-refractivity contribution in [3.63, 3.8) is 0 Å². The second-order valence-corrected chi connectivity index (χ2v) is 28.7. The molecule has 37 heteroatoms. The molecule has 20 atom stereocenters. The monoisotopic (exact) mass is 1630 g/mol. The number of nitrogens with zero attached hydrogens (tertiary/aromatic N) is 6. The van der Waals surface area contributed by atoms with Crippen LogP contribution in [0.15, 0.2) is 70.9 Å². The van der Waals surface area contributed by atoms with Crippen LogP contribution in [0.1, 0.15) is 145 Å². The van der Waals surface area contributed by atoms with Crippen molar-refractivity contribution in [1.29, 1.82) is 0 Å². The lowest BCUT2D eigenvalue weighted by molar-refractivity contribution is -0.380. The Kier molecular flexibility index (Phi) is 43.4. The van der Waals surface area contributed by atoms with E-state index in [2.05, 4.69) is 25.4 Å². The topological polar surface area (TPSA) is 402 Å². The number of carbonyl (C=O) groups is 5. The van der Waals surface area contributed by atoms with Gasteiger partial charge in [-0.3, -0.25) is 9.59 Å². The predicted octanol–water partition coefficient (Wildman–Crippen LogP) is 11.0. The molecule has 0 radical (unpaired) electrons. The van der Waals surface area contributed by atoms with Crippen LogP contribution in [0.25, 0.3) is 20.9 Å². The number of alkyl halides is 5. The first-order valence-corrected chi connectivity index (χ1v) is 39.1. The summed E-state index contributed by atoms with van der Waals surface area (Å²) in [6.45, 7) is 7.13. The van der Waals surface area contributed by atoms with Crippen LogP contribution in [-0.2, 0) is 94.9 Å². The predicted molar refractivity (Wildman–Crippen MR) is 391 cm³/mol. The molecule has 0 aliphatic carbocycles. The number of hydrogen-bond acceptors (Lipinski definition) is 27. The van der Waals surface area contributed by atoms with Crippen molar-refractivity contribution in [3.05, 3.63) is 92.7 Å². The van der Waals surface area contributed by atoms with E-state index in [1.807, 2.05) is 34.6 Å². The van der Waals surface area contributed by atoms with Gasteiger partial charge in [0.2, 0.25) is 3.79 Å². The van der Waals surface area contributed by atoms with Gasteiger partial charge in [0.25, 0.3) is 0 Å². The average molecular weight is 1630 g/mol. The second kappa shape index (κ2) is 50.9. The minimum atomic E-state index is -1.87. The summed E-state index contributed by atoms with van der Waals surface area (Å²) in [6, 6.07) is 13.0. The summed E-state index contributed by atoms with van der Waals surface area (Å²) in [7, 11) is 0. The number of nitrogens with one attached hydrogen (secondary N) is 1. The maximum Gasteiger partial charge on any atom is 0.407 e. The number of aliphatic hydroxyl groups excluding tert-OH is 2. The molecule has 0 bridgehead atoms. The van der Waals surface area contributed by atoms with Gasteiger partial charge in [0, 0.05) is 56.0 Å². The van der Waals surface area contributed by atoms with E-state index in [-0.39, 0.29) is 57.3 Å². The Hall–Kier alpha value is -4.94. The summed E-state index contributed by atoms with van der Waals surface area (Å²) < 4.78 is 115. The summed E-state index contributed by atoms with van der Waals surface area (Å²) in [5.41, 5.74) is 21.1. The molecule has 6 rings (SSSR count). The van der Waals surface area contributed by atoms with Gasteiger partial charge in [-0.1, -0.05) is 161 Å². The van der Waals surface area contributed by atoms with Crippen molar-refractivity contribution in [2.24, 2.45) is 10.2 Å². The first kappa shape index (κ1) is 91.9. The van der Waals surface area contributed by atoms with Gasteiger partial charge in [0.15, 0.2) is 37.4 Å². The van der Waals surface area contributed by atoms with E-state index in [1.165, 1.54) is 24.3 Å². The smallest absolute Gasteiger partial charge is 0.407 e. The first-order valence-electron chi connectivity index (χ1n) is 36.9. The van der Waals surface area contributed by atoms with Crippen LogP contribution in [-0.4, -0.2) is 258 Å². The van der Waals surface area contributed by atoms with Gasteiger partial charge in [0.05, 0.1) is 36.5 Å². The van der Waals surface area contributed by atoms with Crippen LogP contribution in [0.3, 0.4) is 0 Å². The lowest BCUT2D eigenvalue weighted by Crippen LogP contribution is -2.68. The Labute approximate surface area is 654 Å². The highest BCUT2D eigenvalue weighted by Gasteiger charge is 2.59. The van der Waals surface area contributed by atoms with Crippen LogP contribution >= 0.6 is 58.0 Å². The first-order chi connectivity index (χ1) is 52.3. The van der Waals surface area contributed by atoms with Gasteiger partial charge in [0.1, 0.15) is 105 Å². The summed E-state index contributed by atoms with van der Waals surface area (Å²) in [5.74, 6) is -4.67. The number of halogens is 5. The number of ether oxygens (including phenoxy) is 18. The van der Waals surface area contributed by atoms with Crippen LogP contribution in [0.5, 0.6) is 0 Å². The highest BCUT2D eigenvalue weighted by molar-refractivity contribution is 6.67. The molecule has 3 N–H and O–H groups in total. The number of amides is 1. The molecule has 4 aliphatic rings. The van der Waals surface area contributed by atoms with Crippen molar-refractivity contribution in [1.82, 2.24) is 5.32 Å². The number of carbonyl (C=O) groups excluding carboxylic acids is 5. The van der Waals surface area contributed by atoms with Gasteiger partial charge < -0.3 is 101 Å². The standard InChI is InChI=1S/C71H104Cl5N7O25/c1-6-11-31-91-54-46(39-84)100-66(52(80-82-77)58(54)92-32-12-7-2)107-57-49(42-98-51(87)38-73)103-69(63(61(57)95-35-15-10-5)105-65(89)45-28-22-19-23-29-45)108-55-47(40-85)101-67(53(81-83-78)59(55)93-33-13-8-3)106-56-48(41-97-50(86)37-72)102-68(96-36-25-17-16-24-30-79-70(90)99-43-71(74,75)76)62(60(56)94-34-14-9-4)104-64(88)44-26-20-18-21-27-44/h18-23,26-29,46-49,52-63,66-69,84-85H,6-17,24-25,30-43H2,1-5H3,(H,79,90). The van der Waals surface area contributed by atoms with Gasteiger partial charge in [-0.05, 0) is 80.3 Å². The van der Waals surface area contributed by atoms with Crippen molar-refractivity contribution >= 4 is 88.0 Å². The van der Waals surface area contributed by atoms with Crippen LogP contribution in [0, 0.1) is 0 Å².